The Morgan fingerprint density at radius 3 is 2.25 bits per heavy atom. The molecule has 0 radical (unpaired) electrons. The number of hydrogen-bond acceptors (Lipinski definition) is 2. The minimum Gasteiger partial charge on any atom is -0.207 e. The molecule has 0 bridgehead atoms. The largest absolute Gasteiger partial charge is 0.416 e. The van der Waals surface area contributed by atoms with E-state index in [0.717, 1.165) is 25.1 Å². The Hall–Kier alpha value is -0.600. The zero-order chi connectivity index (χ0) is 15.8. The molecule has 0 aliphatic rings. The van der Waals surface area contributed by atoms with Gasteiger partial charge in [0.05, 0.1) is 10.5 Å². The summed E-state index contributed by atoms with van der Waals surface area (Å²) in [5, 5.41) is 0.331. The number of rotatable bonds is 4. The first kappa shape index (κ1) is 17.5. The Bertz CT molecular complexity index is 597. The lowest BCUT2D eigenvalue weighted by Crippen LogP contribution is -2.44. The number of alkyl halides is 4. The maximum absolute atomic E-state index is 12.8. The molecule has 0 amide bonds. The highest BCUT2D eigenvalue weighted by Crippen LogP contribution is 2.34. The quantitative estimate of drug-likeness (QED) is 0.821. The maximum Gasteiger partial charge on any atom is 0.416 e. The van der Waals surface area contributed by atoms with Crippen LogP contribution in [-0.4, -0.2) is 19.3 Å². The van der Waals surface area contributed by atoms with Crippen LogP contribution in [0.2, 0.25) is 0 Å². The Morgan fingerprint density at radius 1 is 1.25 bits per heavy atom. The van der Waals surface area contributed by atoms with Crippen LogP contribution in [0.4, 0.5) is 13.2 Å². The van der Waals surface area contributed by atoms with Crippen LogP contribution in [-0.2, 0) is 16.2 Å². The van der Waals surface area contributed by atoms with Gasteiger partial charge in [-0.3, -0.25) is 0 Å². The molecule has 0 heterocycles. The molecule has 0 spiro atoms. The summed E-state index contributed by atoms with van der Waals surface area (Å²) in [4.78, 5) is -0.360. The predicted molar refractivity (Wildman–Crippen MR) is 74.4 cm³/mol. The first-order valence-corrected chi connectivity index (χ1v) is 8.28. The van der Waals surface area contributed by atoms with Gasteiger partial charge in [-0.15, -0.1) is 0 Å². The lowest BCUT2D eigenvalue weighted by Gasteiger charge is -2.24. The number of sulfonamides is 1. The second kappa shape index (κ2) is 5.65. The monoisotopic (exact) mass is 373 g/mol. The van der Waals surface area contributed by atoms with Gasteiger partial charge in [0.15, 0.2) is 0 Å². The van der Waals surface area contributed by atoms with Gasteiger partial charge < -0.3 is 0 Å². The summed E-state index contributed by atoms with van der Waals surface area (Å²) >= 11 is 3.15. The van der Waals surface area contributed by atoms with Crippen molar-refractivity contribution in [3.63, 3.8) is 0 Å². The van der Waals surface area contributed by atoms with E-state index in [0.29, 0.717) is 5.33 Å². The average molecular weight is 374 g/mol. The Balaban J connectivity index is 3.35. The Morgan fingerprint density at radius 2 is 1.80 bits per heavy atom. The number of hydrogen-bond donors (Lipinski definition) is 1. The molecule has 3 nitrogen and oxygen atoms in total. The zero-order valence-corrected chi connectivity index (χ0v) is 13.6. The van der Waals surface area contributed by atoms with Gasteiger partial charge in [-0.1, -0.05) is 22.0 Å². The van der Waals surface area contributed by atoms with Crippen molar-refractivity contribution >= 4 is 26.0 Å². The van der Waals surface area contributed by atoms with Crippen LogP contribution in [0, 0.1) is 6.92 Å². The van der Waals surface area contributed by atoms with Gasteiger partial charge in [0, 0.05) is 10.9 Å². The zero-order valence-electron chi connectivity index (χ0n) is 11.2. The summed E-state index contributed by atoms with van der Waals surface area (Å²) in [5.41, 5.74) is -2.06. The SMILES string of the molecule is Cc1c(C(F)(F)F)cccc1S(=O)(=O)NC(C)(C)CBr. The fourth-order valence-electron chi connectivity index (χ4n) is 1.66. The molecule has 1 aromatic rings. The van der Waals surface area contributed by atoms with Gasteiger partial charge in [0.25, 0.3) is 0 Å². The molecule has 0 fully saturated rings. The van der Waals surface area contributed by atoms with E-state index in [1.165, 1.54) is 0 Å². The molecule has 0 aliphatic carbocycles. The van der Waals surface area contributed by atoms with Gasteiger partial charge in [0.2, 0.25) is 10.0 Å². The highest BCUT2D eigenvalue weighted by molar-refractivity contribution is 9.09. The molecule has 1 aromatic carbocycles. The lowest BCUT2D eigenvalue weighted by molar-refractivity contribution is -0.138. The van der Waals surface area contributed by atoms with E-state index in [2.05, 4.69) is 20.7 Å². The van der Waals surface area contributed by atoms with Gasteiger partial charge >= 0.3 is 6.18 Å². The minimum atomic E-state index is -4.58. The van der Waals surface area contributed by atoms with Crippen LogP contribution < -0.4 is 4.72 Å². The highest BCUT2D eigenvalue weighted by Gasteiger charge is 2.35. The van der Waals surface area contributed by atoms with E-state index < -0.39 is 27.3 Å². The second-order valence-electron chi connectivity index (χ2n) is 5.05. The fraction of sp³-hybridized carbons (Fsp3) is 0.500. The van der Waals surface area contributed by atoms with E-state index in [1.807, 2.05) is 0 Å². The summed E-state index contributed by atoms with van der Waals surface area (Å²) in [6, 6.07) is 3.12. The third-order valence-electron chi connectivity index (χ3n) is 2.62. The molecule has 114 valence electrons. The number of nitrogens with one attached hydrogen (secondary N) is 1. The fourth-order valence-corrected chi connectivity index (χ4v) is 3.66. The summed E-state index contributed by atoms with van der Waals surface area (Å²) in [6.07, 6.45) is -4.58. The van der Waals surface area contributed by atoms with Crippen molar-refractivity contribution in [1.82, 2.24) is 4.72 Å². The summed E-state index contributed by atoms with van der Waals surface area (Å²) < 4.78 is 65.2. The lowest BCUT2D eigenvalue weighted by atomic mass is 10.1. The molecular formula is C12H15BrF3NO2S. The van der Waals surface area contributed by atoms with Crippen LogP contribution in [0.3, 0.4) is 0 Å². The van der Waals surface area contributed by atoms with Crippen LogP contribution in [0.1, 0.15) is 25.0 Å². The Kier molecular flexibility index (Phi) is 4.93. The molecule has 0 saturated heterocycles. The van der Waals surface area contributed by atoms with Gasteiger partial charge in [0.1, 0.15) is 0 Å². The molecule has 1 N–H and O–H groups in total. The maximum atomic E-state index is 12.8. The molecule has 0 unspecified atom stereocenters. The van der Waals surface area contributed by atoms with Crippen molar-refractivity contribution in [1.29, 1.82) is 0 Å². The smallest absolute Gasteiger partial charge is 0.207 e. The predicted octanol–water partition coefficient (Wildman–Crippen LogP) is 3.47. The van der Waals surface area contributed by atoms with Gasteiger partial charge in [-0.25, -0.2) is 13.1 Å². The van der Waals surface area contributed by atoms with E-state index in [4.69, 9.17) is 0 Å². The molecule has 0 atom stereocenters. The number of halogens is 4. The van der Waals surface area contributed by atoms with Gasteiger partial charge in [-0.05, 0) is 38.5 Å². The van der Waals surface area contributed by atoms with E-state index >= 15 is 0 Å². The van der Waals surface area contributed by atoms with E-state index in [1.54, 1.807) is 13.8 Å². The standard InChI is InChI=1S/C12H15BrF3NO2S/c1-8-9(12(14,15)16)5-4-6-10(8)20(18,19)17-11(2,3)7-13/h4-6,17H,7H2,1-3H3. The van der Waals surface area contributed by atoms with Crippen molar-refractivity contribution < 1.29 is 21.6 Å². The molecule has 0 aliphatic heterocycles. The van der Waals surface area contributed by atoms with Crippen molar-refractivity contribution in [2.75, 3.05) is 5.33 Å². The first-order valence-electron chi connectivity index (χ1n) is 5.67. The molecule has 0 saturated carbocycles. The molecule has 20 heavy (non-hydrogen) atoms. The Labute approximate surface area is 124 Å². The second-order valence-corrected chi connectivity index (χ2v) is 7.26. The highest BCUT2D eigenvalue weighted by atomic mass is 79.9. The summed E-state index contributed by atoms with van der Waals surface area (Å²) in [6.45, 7) is 4.41. The molecule has 8 heteroatoms. The van der Waals surface area contributed by atoms with Crippen molar-refractivity contribution in [3.05, 3.63) is 29.3 Å². The first-order chi connectivity index (χ1) is 8.91. The van der Waals surface area contributed by atoms with Crippen molar-refractivity contribution in [2.24, 2.45) is 0 Å². The van der Waals surface area contributed by atoms with Crippen LogP contribution >= 0.6 is 15.9 Å². The van der Waals surface area contributed by atoms with Crippen LogP contribution in [0.5, 0.6) is 0 Å². The third kappa shape index (κ3) is 3.95. The molecule has 1 rings (SSSR count). The summed E-state index contributed by atoms with van der Waals surface area (Å²) in [7, 11) is -4.02. The number of benzene rings is 1. The van der Waals surface area contributed by atoms with Crippen LogP contribution in [0.25, 0.3) is 0 Å². The molecule has 0 aromatic heterocycles. The minimum absolute atomic E-state index is 0.308. The van der Waals surface area contributed by atoms with Crippen molar-refractivity contribution in [3.8, 4) is 0 Å². The van der Waals surface area contributed by atoms with E-state index in [9.17, 15) is 21.6 Å². The average Bonchev–Trinajstić information content (AvgIpc) is 2.26. The summed E-state index contributed by atoms with van der Waals surface area (Å²) in [5.74, 6) is 0. The third-order valence-corrected chi connectivity index (χ3v) is 5.87. The normalized spacial score (nSPS) is 13.6. The topological polar surface area (TPSA) is 46.2 Å². The van der Waals surface area contributed by atoms with E-state index in [-0.39, 0.29) is 10.5 Å². The van der Waals surface area contributed by atoms with Crippen molar-refractivity contribution in [2.45, 2.75) is 37.4 Å². The molecular weight excluding hydrogens is 359 g/mol. The van der Waals surface area contributed by atoms with Gasteiger partial charge in [-0.2, -0.15) is 13.2 Å². The van der Waals surface area contributed by atoms with Crippen LogP contribution in [0.15, 0.2) is 23.1 Å².